The Balaban J connectivity index is 1.91. The van der Waals surface area contributed by atoms with Gasteiger partial charge in [-0.1, -0.05) is 51.0 Å². The SMILES string of the molecule is CCCCc1ccc([I+]c2ccc(CCCC)cc2)cc1. The summed E-state index contributed by atoms with van der Waals surface area (Å²) in [4.78, 5) is 0. The van der Waals surface area contributed by atoms with E-state index < -0.39 is 0 Å². The fourth-order valence-electron chi connectivity index (χ4n) is 2.32. The Hall–Kier alpha value is -0.830. The Morgan fingerprint density at radius 2 is 1.00 bits per heavy atom. The van der Waals surface area contributed by atoms with Crippen LogP contribution in [0.5, 0.6) is 0 Å². The molecular formula is C20H26I+. The first kappa shape index (κ1) is 16.5. The van der Waals surface area contributed by atoms with Crippen LogP contribution in [0.4, 0.5) is 0 Å². The highest BCUT2D eigenvalue weighted by atomic mass is 127. The minimum absolute atomic E-state index is 0.0240. The lowest BCUT2D eigenvalue weighted by molar-refractivity contribution is -0.597. The van der Waals surface area contributed by atoms with Crippen molar-refractivity contribution in [2.45, 2.75) is 52.4 Å². The minimum Gasteiger partial charge on any atom is -0.0654 e. The Bertz CT molecular complexity index is 461. The van der Waals surface area contributed by atoms with E-state index in [0.717, 1.165) is 0 Å². The fraction of sp³-hybridized carbons (Fsp3) is 0.400. The molecule has 0 saturated carbocycles. The van der Waals surface area contributed by atoms with Gasteiger partial charge < -0.3 is 0 Å². The molecule has 0 spiro atoms. The summed E-state index contributed by atoms with van der Waals surface area (Å²) in [6.07, 6.45) is 7.60. The molecule has 1 heteroatoms. The van der Waals surface area contributed by atoms with Crippen LogP contribution < -0.4 is 21.2 Å². The van der Waals surface area contributed by atoms with Gasteiger partial charge in [-0.25, -0.2) is 0 Å². The number of hydrogen-bond acceptors (Lipinski definition) is 0. The van der Waals surface area contributed by atoms with Crippen LogP contribution in [0.1, 0.15) is 50.7 Å². The van der Waals surface area contributed by atoms with Crippen LogP contribution in [-0.2, 0) is 12.8 Å². The third-order valence-electron chi connectivity index (χ3n) is 3.68. The van der Waals surface area contributed by atoms with Crippen LogP contribution in [0.15, 0.2) is 48.5 Å². The monoisotopic (exact) mass is 393 g/mol. The zero-order chi connectivity index (χ0) is 14.9. The summed E-state index contributed by atoms with van der Waals surface area (Å²) in [7, 11) is 0. The van der Waals surface area contributed by atoms with Gasteiger partial charge in [0, 0.05) is 0 Å². The summed E-state index contributed by atoms with van der Waals surface area (Å²) in [6, 6.07) is 18.6. The lowest BCUT2D eigenvalue weighted by Crippen LogP contribution is -3.61. The normalized spacial score (nSPS) is 10.8. The van der Waals surface area contributed by atoms with E-state index in [1.165, 1.54) is 56.8 Å². The first-order chi connectivity index (χ1) is 10.3. The van der Waals surface area contributed by atoms with Gasteiger partial charge in [0.1, 0.15) is 0 Å². The number of benzene rings is 2. The summed E-state index contributed by atoms with van der Waals surface area (Å²) < 4.78 is 3.05. The highest BCUT2D eigenvalue weighted by Gasteiger charge is 2.14. The van der Waals surface area contributed by atoms with Crippen molar-refractivity contribution in [2.75, 3.05) is 0 Å². The van der Waals surface area contributed by atoms with E-state index in [-0.39, 0.29) is 21.2 Å². The molecule has 2 aromatic rings. The van der Waals surface area contributed by atoms with Crippen LogP contribution in [0.25, 0.3) is 0 Å². The van der Waals surface area contributed by atoms with Crippen LogP contribution in [0, 0.1) is 7.14 Å². The molecule has 0 radical (unpaired) electrons. The molecule has 0 aliphatic carbocycles. The van der Waals surface area contributed by atoms with E-state index in [2.05, 4.69) is 62.4 Å². The molecule has 0 heterocycles. The third-order valence-corrected chi connectivity index (χ3v) is 6.37. The maximum Gasteiger partial charge on any atom is 0.357 e. The summed E-state index contributed by atoms with van der Waals surface area (Å²) in [5, 5.41) is 0. The molecule has 112 valence electrons. The quantitative estimate of drug-likeness (QED) is 0.605. The van der Waals surface area contributed by atoms with Crippen molar-refractivity contribution >= 4 is 0 Å². The van der Waals surface area contributed by atoms with Crippen LogP contribution in [0.3, 0.4) is 0 Å². The van der Waals surface area contributed by atoms with Gasteiger partial charge in [-0.2, -0.15) is 0 Å². The second-order valence-electron chi connectivity index (χ2n) is 5.55. The molecule has 0 amide bonds. The zero-order valence-electron chi connectivity index (χ0n) is 13.2. The van der Waals surface area contributed by atoms with E-state index in [1.807, 2.05) is 0 Å². The van der Waals surface area contributed by atoms with Gasteiger partial charge in [0.05, 0.1) is 0 Å². The van der Waals surface area contributed by atoms with Gasteiger partial charge in [0.25, 0.3) is 0 Å². The Morgan fingerprint density at radius 3 is 1.33 bits per heavy atom. The predicted molar refractivity (Wildman–Crippen MR) is 87.5 cm³/mol. The molecule has 0 aromatic heterocycles. The fourth-order valence-corrected chi connectivity index (χ4v) is 4.47. The van der Waals surface area contributed by atoms with Gasteiger partial charge in [0.15, 0.2) is 7.14 Å². The van der Waals surface area contributed by atoms with Crippen molar-refractivity contribution in [1.82, 2.24) is 0 Å². The van der Waals surface area contributed by atoms with Gasteiger partial charge in [0.2, 0.25) is 0 Å². The third kappa shape index (κ3) is 5.82. The van der Waals surface area contributed by atoms with Gasteiger partial charge >= 0.3 is 21.2 Å². The number of halogens is 1. The van der Waals surface area contributed by atoms with Crippen LogP contribution in [0.2, 0.25) is 0 Å². The maximum absolute atomic E-state index is 2.34. The molecule has 0 bridgehead atoms. The highest BCUT2D eigenvalue weighted by Crippen LogP contribution is 2.05. The second kappa shape index (κ2) is 9.24. The molecule has 0 N–H and O–H groups in total. The Kier molecular flexibility index (Phi) is 7.28. The van der Waals surface area contributed by atoms with Gasteiger partial charge in [-0.05, 0) is 61.1 Å². The Morgan fingerprint density at radius 1 is 0.619 bits per heavy atom. The van der Waals surface area contributed by atoms with Gasteiger partial charge in [-0.15, -0.1) is 0 Å². The largest absolute Gasteiger partial charge is 0.357 e. The summed E-state index contributed by atoms with van der Waals surface area (Å²) in [5.41, 5.74) is 2.97. The van der Waals surface area contributed by atoms with Crippen molar-refractivity contribution in [1.29, 1.82) is 0 Å². The van der Waals surface area contributed by atoms with Crippen molar-refractivity contribution < 1.29 is 21.2 Å². The van der Waals surface area contributed by atoms with E-state index in [9.17, 15) is 0 Å². The van der Waals surface area contributed by atoms with Crippen molar-refractivity contribution in [3.05, 3.63) is 66.8 Å². The predicted octanol–water partition coefficient (Wildman–Crippen LogP) is 2.50. The summed E-state index contributed by atoms with van der Waals surface area (Å²) >= 11 is -0.0240. The van der Waals surface area contributed by atoms with E-state index in [1.54, 1.807) is 0 Å². The molecule has 0 atom stereocenters. The number of aryl methyl sites for hydroxylation is 2. The standard InChI is InChI=1S/C20H26I/c1-3-5-7-17-9-13-19(14-10-17)21-20-15-11-18(12-16-20)8-6-4-2/h9-16H,3-8H2,1-2H3/q+1. The average molecular weight is 393 g/mol. The lowest BCUT2D eigenvalue weighted by Gasteiger charge is -1.99. The minimum atomic E-state index is -0.0240. The van der Waals surface area contributed by atoms with E-state index in [4.69, 9.17) is 0 Å². The number of rotatable bonds is 8. The first-order valence-electron chi connectivity index (χ1n) is 8.14. The maximum atomic E-state index is 2.34. The van der Waals surface area contributed by atoms with E-state index in [0.29, 0.717) is 0 Å². The zero-order valence-corrected chi connectivity index (χ0v) is 15.4. The molecule has 0 aliphatic heterocycles. The molecule has 0 fully saturated rings. The van der Waals surface area contributed by atoms with Crippen LogP contribution in [-0.4, -0.2) is 0 Å². The molecule has 0 saturated heterocycles. The molecule has 2 aromatic carbocycles. The molecule has 2 rings (SSSR count). The topological polar surface area (TPSA) is 0 Å². The number of hydrogen-bond donors (Lipinski definition) is 0. The van der Waals surface area contributed by atoms with Crippen molar-refractivity contribution in [3.63, 3.8) is 0 Å². The molecular weight excluding hydrogens is 367 g/mol. The summed E-state index contributed by atoms with van der Waals surface area (Å²) in [6.45, 7) is 4.51. The summed E-state index contributed by atoms with van der Waals surface area (Å²) in [5.74, 6) is 0. The molecule has 0 aliphatic rings. The average Bonchev–Trinajstić information content (AvgIpc) is 2.53. The smallest absolute Gasteiger partial charge is 0.0654 e. The Labute approximate surface area is 140 Å². The molecule has 21 heavy (non-hydrogen) atoms. The first-order valence-corrected chi connectivity index (χ1v) is 10.3. The van der Waals surface area contributed by atoms with E-state index >= 15 is 0 Å². The second-order valence-corrected chi connectivity index (χ2v) is 8.59. The van der Waals surface area contributed by atoms with Crippen LogP contribution >= 0.6 is 0 Å². The van der Waals surface area contributed by atoms with Crippen molar-refractivity contribution in [2.24, 2.45) is 0 Å². The lowest BCUT2D eigenvalue weighted by atomic mass is 10.1. The number of unbranched alkanes of at least 4 members (excludes halogenated alkanes) is 2. The molecule has 0 nitrogen and oxygen atoms in total. The molecule has 0 unspecified atom stereocenters. The van der Waals surface area contributed by atoms with Crippen molar-refractivity contribution in [3.8, 4) is 0 Å². The highest BCUT2D eigenvalue weighted by molar-refractivity contribution is 5.16. The van der Waals surface area contributed by atoms with Gasteiger partial charge in [-0.3, -0.25) is 0 Å².